The topological polar surface area (TPSA) is 38.5 Å². The SMILES string of the molecule is COCCN(CC(C)C)c1c(C)cccc1CN. The predicted octanol–water partition coefficient (Wildman–Crippen LogP) is 2.56. The normalized spacial score (nSPS) is 11.0. The molecule has 0 aliphatic carbocycles. The Hall–Kier alpha value is -1.06. The van der Waals surface area contributed by atoms with Crippen molar-refractivity contribution in [2.75, 3.05) is 31.7 Å². The van der Waals surface area contributed by atoms with Gasteiger partial charge >= 0.3 is 0 Å². The average Bonchev–Trinajstić information content (AvgIpc) is 2.34. The largest absolute Gasteiger partial charge is 0.383 e. The molecule has 0 radical (unpaired) electrons. The van der Waals surface area contributed by atoms with Crippen molar-refractivity contribution in [3.8, 4) is 0 Å². The van der Waals surface area contributed by atoms with Crippen molar-refractivity contribution in [3.63, 3.8) is 0 Å². The Morgan fingerprint density at radius 2 is 2.06 bits per heavy atom. The number of benzene rings is 1. The van der Waals surface area contributed by atoms with Gasteiger partial charge in [0.1, 0.15) is 0 Å². The van der Waals surface area contributed by atoms with Crippen LogP contribution in [-0.2, 0) is 11.3 Å². The van der Waals surface area contributed by atoms with E-state index in [0.717, 1.165) is 19.7 Å². The number of methoxy groups -OCH3 is 1. The van der Waals surface area contributed by atoms with Crippen molar-refractivity contribution in [3.05, 3.63) is 29.3 Å². The van der Waals surface area contributed by atoms with Crippen molar-refractivity contribution in [1.82, 2.24) is 0 Å². The molecule has 0 saturated heterocycles. The molecule has 1 rings (SSSR count). The summed E-state index contributed by atoms with van der Waals surface area (Å²) in [5.74, 6) is 0.618. The quantitative estimate of drug-likeness (QED) is 0.808. The van der Waals surface area contributed by atoms with Crippen LogP contribution in [-0.4, -0.2) is 26.8 Å². The first kappa shape index (κ1) is 15.0. The highest BCUT2D eigenvalue weighted by atomic mass is 16.5. The molecule has 3 nitrogen and oxygen atoms in total. The van der Waals surface area contributed by atoms with Gasteiger partial charge in [0.25, 0.3) is 0 Å². The fourth-order valence-corrected chi connectivity index (χ4v) is 2.27. The minimum atomic E-state index is 0.582. The summed E-state index contributed by atoms with van der Waals surface area (Å²) in [6, 6.07) is 6.34. The van der Waals surface area contributed by atoms with Gasteiger partial charge in [-0.3, -0.25) is 0 Å². The van der Waals surface area contributed by atoms with E-state index >= 15 is 0 Å². The fraction of sp³-hybridized carbons (Fsp3) is 0.600. The Morgan fingerprint density at radius 3 is 2.61 bits per heavy atom. The summed E-state index contributed by atoms with van der Waals surface area (Å²) in [5.41, 5.74) is 9.64. The van der Waals surface area contributed by atoms with Gasteiger partial charge in [-0.2, -0.15) is 0 Å². The van der Waals surface area contributed by atoms with E-state index in [4.69, 9.17) is 10.5 Å². The number of anilines is 1. The van der Waals surface area contributed by atoms with Gasteiger partial charge in [-0.15, -0.1) is 0 Å². The summed E-state index contributed by atoms with van der Waals surface area (Å²) in [7, 11) is 1.75. The van der Waals surface area contributed by atoms with Gasteiger partial charge in [0.15, 0.2) is 0 Å². The Kier molecular flexibility index (Phi) is 6.16. The van der Waals surface area contributed by atoms with Crippen LogP contribution in [0.15, 0.2) is 18.2 Å². The van der Waals surface area contributed by atoms with E-state index in [-0.39, 0.29) is 0 Å². The Bertz CT molecular complexity index is 364. The van der Waals surface area contributed by atoms with E-state index < -0.39 is 0 Å². The molecule has 0 fully saturated rings. The molecule has 18 heavy (non-hydrogen) atoms. The van der Waals surface area contributed by atoms with Gasteiger partial charge in [0, 0.05) is 32.4 Å². The summed E-state index contributed by atoms with van der Waals surface area (Å²) in [4.78, 5) is 2.39. The second-order valence-electron chi connectivity index (χ2n) is 5.12. The van der Waals surface area contributed by atoms with Crippen LogP contribution < -0.4 is 10.6 Å². The van der Waals surface area contributed by atoms with E-state index in [9.17, 15) is 0 Å². The highest BCUT2D eigenvalue weighted by molar-refractivity contribution is 5.59. The van der Waals surface area contributed by atoms with Crippen LogP contribution in [0.1, 0.15) is 25.0 Å². The lowest BCUT2D eigenvalue weighted by atomic mass is 10.1. The summed E-state index contributed by atoms with van der Waals surface area (Å²) < 4.78 is 5.22. The van der Waals surface area contributed by atoms with E-state index in [1.54, 1.807) is 7.11 Å². The first-order chi connectivity index (χ1) is 8.60. The molecule has 0 spiro atoms. The first-order valence-corrected chi connectivity index (χ1v) is 6.62. The van der Waals surface area contributed by atoms with Gasteiger partial charge in [0.05, 0.1) is 6.61 Å². The molecule has 1 aromatic carbocycles. The van der Waals surface area contributed by atoms with Gasteiger partial charge in [-0.05, 0) is 24.0 Å². The smallest absolute Gasteiger partial charge is 0.0637 e. The number of nitrogens with zero attached hydrogens (tertiary/aromatic N) is 1. The number of hydrogen-bond donors (Lipinski definition) is 1. The third-order valence-corrected chi connectivity index (χ3v) is 3.01. The lowest BCUT2D eigenvalue weighted by Gasteiger charge is -2.30. The average molecular weight is 250 g/mol. The lowest BCUT2D eigenvalue weighted by molar-refractivity contribution is 0.204. The number of rotatable bonds is 7. The van der Waals surface area contributed by atoms with Gasteiger partial charge in [0.2, 0.25) is 0 Å². The van der Waals surface area contributed by atoms with Crippen molar-refractivity contribution >= 4 is 5.69 Å². The molecule has 0 bridgehead atoms. The molecule has 3 heteroatoms. The van der Waals surface area contributed by atoms with E-state index in [0.29, 0.717) is 12.5 Å². The molecule has 0 amide bonds. The molecule has 1 aromatic rings. The van der Waals surface area contributed by atoms with Crippen molar-refractivity contribution in [1.29, 1.82) is 0 Å². The molecule has 0 saturated carbocycles. The summed E-state index contributed by atoms with van der Waals surface area (Å²) in [5, 5.41) is 0. The minimum absolute atomic E-state index is 0.582. The van der Waals surface area contributed by atoms with Crippen molar-refractivity contribution in [2.45, 2.75) is 27.3 Å². The Morgan fingerprint density at radius 1 is 1.33 bits per heavy atom. The third-order valence-electron chi connectivity index (χ3n) is 3.01. The Labute approximate surface area is 111 Å². The molecule has 102 valence electrons. The van der Waals surface area contributed by atoms with Crippen LogP contribution in [0, 0.1) is 12.8 Å². The fourth-order valence-electron chi connectivity index (χ4n) is 2.27. The van der Waals surface area contributed by atoms with Crippen molar-refractivity contribution in [2.24, 2.45) is 11.7 Å². The van der Waals surface area contributed by atoms with Gasteiger partial charge in [-0.25, -0.2) is 0 Å². The highest BCUT2D eigenvalue weighted by Gasteiger charge is 2.14. The summed E-state index contributed by atoms with van der Waals surface area (Å²) >= 11 is 0. The van der Waals surface area contributed by atoms with E-state index in [2.05, 4.69) is 43.9 Å². The Balaban J connectivity index is 3.02. The van der Waals surface area contributed by atoms with Crippen LogP contribution in [0.4, 0.5) is 5.69 Å². The molecule has 2 N–H and O–H groups in total. The zero-order chi connectivity index (χ0) is 13.5. The van der Waals surface area contributed by atoms with Crippen LogP contribution in [0.5, 0.6) is 0 Å². The predicted molar refractivity (Wildman–Crippen MR) is 78.0 cm³/mol. The molecule has 0 unspecified atom stereocenters. The van der Waals surface area contributed by atoms with Gasteiger partial charge < -0.3 is 15.4 Å². The minimum Gasteiger partial charge on any atom is -0.383 e. The second-order valence-corrected chi connectivity index (χ2v) is 5.12. The zero-order valence-corrected chi connectivity index (χ0v) is 12.1. The maximum atomic E-state index is 5.86. The van der Waals surface area contributed by atoms with Crippen LogP contribution in [0.25, 0.3) is 0 Å². The van der Waals surface area contributed by atoms with Crippen LogP contribution in [0.3, 0.4) is 0 Å². The first-order valence-electron chi connectivity index (χ1n) is 6.62. The number of hydrogen-bond acceptors (Lipinski definition) is 3. The van der Waals surface area contributed by atoms with Gasteiger partial charge in [-0.1, -0.05) is 32.0 Å². The number of ether oxygens (including phenoxy) is 1. The molecule has 0 aliphatic rings. The molecular weight excluding hydrogens is 224 g/mol. The summed E-state index contributed by atoms with van der Waals surface area (Å²) in [6.07, 6.45) is 0. The maximum absolute atomic E-state index is 5.86. The molecule has 0 heterocycles. The number of nitrogens with two attached hydrogens (primary N) is 1. The standard InChI is InChI=1S/C15H26N2O/c1-12(2)11-17(8-9-18-4)15-13(3)6-5-7-14(15)10-16/h5-7,12H,8-11,16H2,1-4H3. The molecular formula is C15H26N2O. The zero-order valence-electron chi connectivity index (χ0n) is 12.1. The maximum Gasteiger partial charge on any atom is 0.0637 e. The second kappa shape index (κ2) is 7.39. The van der Waals surface area contributed by atoms with Crippen LogP contribution >= 0.6 is 0 Å². The highest BCUT2D eigenvalue weighted by Crippen LogP contribution is 2.25. The monoisotopic (exact) mass is 250 g/mol. The van der Waals surface area contributed by atoms with E-state index in [1.165, 1.54) is 16.8 Å². The molecule has 0 aromatic heterocycles. The van der Waals surface area contributed by atoms with E-state index in [1.807, 2.05) is 0 Å². The number of para-hydroxylation sites is 1. The summed E-state index contributed by atoms with van der Waals surface area (Å²) in [6.45, 7) is 9.88. The molecule has 0 aliphatic heterocycles. The van der Waals surface area contributed by atoms with Crippen molar-refractivity contribution < 1.29 is 4.74 Å². The lowest BCUT2D eigenvalue weighted by Crippen LogP contribution is -2.32. The third kappa shape index (κ3) is 4.00. The molecule has 0 atom stereocenters. The van der Waals surface area contributed by atoms with Crippen LogP contribution in [0.2, 0.25) is 0 Å². The number of aryl methyl sites for hydroxylation is 1.